The maximum atomic E-state index is 11.2. The molecule has 0 unspecified atom stereocenters. The van der Waals surface area contributed by atoms with Crippen LogP contribution in [0.4, 0.5) is 0 Å². The van der Waals surface area contributed by atoms with Crippen molar-refractivity contribution in [3.05, 3.63) is 34.4 Å². The number of hydrogen-bond acceptors (Lipinski definition) is 4. The Morgan fingerprint density at radius 3 is 3.00 bits per heavy atom. The predicted octanol–water partition coefficient (Wildman–Crippen LogP) is 0.104. The Morgan fingerprint density at radius 2 is 2.23 bits per heavy atom. The molecule has 2 heterocycles. The lowest BCUT2D eigenvalue weighted by molar-refractivity contribution is 0.452. The Kier molecular flexibility index (Phi) is 1.51. The molecule has 0 aliphatic heterocycles. The number of nitrogens with zero attached hydrogens (tertiary/aromatic N) is 3. The summed E-state index contributed by atoms with van der Waals surface area (Å²) in [6, 6.07) is 2.75. The number of rotatable bonds is 0. The summed E-state index contributed by atoms with van der Waals surface area (Å²) in [5.74, 6) is -0.0897. The molecule has 0 bridgehead atoms. The van der Waals surface area contributed by atoms with Crippen molar-refractivity contribution < 1.29 is 5.11 Å². The third-order valence-corrected chi connectivity index (χ3v) is 1.66. The first-order valence-electron chi connectivity index (χ1n) is 3.73. The highest BCUT2D eigenvalue weighted by Gasteiger charge is 2.00. The first kappa shape index (κ1) is 7.72. The highest BCUT2D eigenvalue weighted by Crippen LogP contribution is 2.01. The van der Waals surface area contributed by atoms with Gasteiger partial charge in [0.15, 0.2) is 0 Å². The fourth-order valence-corrected chi connectivity index (χ4v) is 1.06. The Morgan fingerprint density at radius 1 is 1.46 bits per heavy atom. The molecule has 5 heteroatoms. The highest BCUT2D eigenvalue weighted by atomic mass is 16.3. The zero-order chi connectivity index (χ0) is 9.42. The maximum Gasteiger partial charge on any atom is 0.262 e. The second kappa shape index (κ2) is 2.55. The summed E-state index contributed by atoms with van der Waals surface area (Å²) in [6.45, 7) is 1.79. The van der Waals surface area contributed by atoms with Gasteiger partial charge >= 0.3 is 0 Å². The Balaban J connectivity index is 2.95. The number of hydrogen-bond donors (Lipinski definition) is 1. The molecule has 13 heavy (non-hydrogen) atoms. The molecule has 0 aromatic carbocycles. The van der Waals surface area contributed by atoms with E-state index < -0.39 is 0 Å². The SMILES string of the molecule is Cc1ccn2c(=O)cc(O)nc2n1. The third-order valence-electron chi connectivity index (χ3n) is 1.66. The van der Waals surface area contributed by atoms with Crippen LogP contribution in [0.1, 0.15) is 5.69 Å². The van der Waals surface area contributed by atoms with E-state index in [0.29, 0.717) is 0 Å². The van der Waals surface area contributed by atoms with Crippen LogP contribution in [0, 0.1) is 6.92 Å². The van der Waals surface area contributed by atoms with Crippen LogP contribution in [-0.4, -0.2) is 19.5 Å². The highest BCUT2D eigenvalue weighted by molar-refractivity contribution is 5.31. The van der Waals surface area contributed by atoms with Crippen molar-refractivity contribution in [2.24, 2.45) is 0 Å². The van der Waals surface area contributed by atoms with Crippen LogP contribution in [0.2, 0.25) is 0 Å². The minimum absolute atomic E-state index is 0.213. The Labute approximate surface area is 73.3 Å². The van der Waals surface area contributed by atoms with Crippen LogP contribution in [0.15, 0.2) is 23.1 Å². The molecule has 2 aromatic rings. The van der Waals surface area contributed by atoms with Crippen molar-refractivity contribution in [3.8, 4) is 5.88 Å². The van der Waals surface area contributed by atoms with E-state index in [2.05, 4.69) is 9.97 Å². The van der Waals surface area contributed by atoms with E-state index in [0.717, 1.165) is 11.8 Å². The quantitative estimate of drug-likeness (QED) is 0.619. The van der Waals surface area contributed by atoms with Crippen LogP contribution < -0.4 is 5.56 Å². The van der Waals surface area contributed by atoms with E-state index in [9.17, 15) is 4.79 Å². The number of aryl methyl sites for hydroxylation is 1. The van der Waals surface area contributed by atoms with Crippen molar-refractivity contribution in [1.29, 1.82) is 0 Å². The second-order valence-corrected chi connectivity index (χ2v) is 2.69. The van der Waals surface area contributed by atoms with E-state index in [1.165, 1.54) is 4.40 Å². The van der Waals surface area contributed by atoms with Crippen LogP contribution >= 0.6 is 0 Å². The maximum absolute atomic E-state index is 11.2. The minimum atomic E-state index is -0.338. The van der Waals surface area contributed by atoms with Gasteiger partial charge in [0.25, 0.3) is 5.56 Å². The molecule has 0 saturated heterocycles. The van der Waals surface area contributed by atoms with Gasteiger partial charge in [-0.1, -0.05) is 0 Å². The summed E-state index contributed by atoms with van der Waals surface area (Å²) in [7, 11) is 0. The molecule has 0 spiro atoms. The fourth-order valence-electron chi connectivity index (χ4n) is 1.06. The molecule has 66 valence electrons. The average Bonchev–Trinajstić information content (AvgIpc) is 2.02. The van der Waals surface area contributed by atoms with Crippen molar-refractivity contribution in [1.82, 2.24) is 14.4 Å². The molecule has 0 fully saturated rings. The monoisotopic (exact) mass is 177 g/mol. The van der Waals surface area contributed by atoms with Crippen molar-refractivity contribution in [2.75, 3.05) is 0 Å². The van der Waals surface area contributed by atoms with Crippen molar-refractivity contribution in [3.63, 3.8) is 0 Å². The number of aromatic nitrogens is 3. The van der Waals surface area contributed by atoms with Crippen LogP contribution in [0.3, 0.4) is 0 Å². The normalized spacial score (nSPS) is 10.5. The summed E-state index contributed by atoms with van der Waals surface area (Å²) in [6.07, 6.45) is 1.58. The van der Waals surface area contributed by atoms with Gasteiger partial charge in [0, 0.05) is 11.9 Å². The zero-order valence-corrected chi connectivity index (χ0v) is 6.93. The van der Waals surface area contributed by atoms with Gasteiger partial charge in [0.2, 0.25) is 11.7 Å². The van der Waals surface area contributed by atoms with Crippen LogP contribution in [0.5, 0.6) is 5.88 Å². The first-order valence-corrected chi connectivity index (χ1v) is 3.73. The van der Waals surface area contributed by atoms with Gasteiger partial charge in [-0.15, -0.1) is 0 Å². The van der Waals surface area contributed by atoms with Gasteiger partial charge in [-0.05, 0) is 13.0 Å². The third kappa shape index (κ3) is 1.24. The molecule has 0 aliphatic carbocycles. The zero-order valence-electron chi connectivity index (χ0n) is 6.93. The lowest BCUT2D eigenvalue weighted by Crippen LogP contribution is -2.14. The molecule has 0 saturated carbocycles. The van der Waals surface area contributed by atoms with Gasteiger partial charge in [-0.3, -0.25) is 9.20 Å². The smallest absolute Gasteiger partial charge is 0.262 e. The number of aromatic hydroxyl groups is 1. The molecule has 1 N–H and O–H groups in total. The Hall–Kier alpha value is -1.91. The van der Waals surface area contributed by atoms with Gasteiger partial charge < -0.3 is 5.11 Å². The van der Waals surface area contributed by atoms with E-state index in [1.54, 1.807) is 19.2 Å². The summed E-state index contributed by atoms with van der Waals surface area (Å²) < 4.78 is 1.27. The summed E-state index contributed by atoms with van der Waals surface area (Å²) >= 11 is 0. The minimum Gasteiger partial charge on any atom is -0.493 e. The van der Waals surface area contributed by atoms with Crippen LogP contribution in [0.25, 0.3) is 5.78 Å². The lowest BCUT2D eigenvalue weighted by Gasteiger charge is -1.99. The topological polar surface area (TPSA) is 67.5 Å². The second-order valence-electron chi connectivity index (χ2n) is 2.69. The molecular formula is C8H7N3O2. The number of fused-ring (bicyclic) bond motifs is 1. The first-order chi connectivity index (χ1) is 6.16. The molecule has 5 nitrogen and oxygen atoms in total. The van der Waals surface area contributed by atoms with Gasteiger partial charge in [-0.2, -0.15) is 4.98 Å². The van der Waals surface area contributed by atoms with Gasteiger partial charge in [0.05, 0.1) is 6.07 Å². The summed E-state index contributed by atoms with van der Waals surface area (Å²) in [5, 5.41) is 9.04. The predicted molar refractivity (Wildman–Crippen MR) is 45.7 cm³/mol. The molecule has 0 atom stereocenters. The van der Waals surface area contributed by atoms with E-state index in [1.807, 2.05) is 0 Å². The molecular weight excluding hydrogens is 170 g/mol. The molecule has 0 aliphatic rings. The summed E-state index contributed by atoms with van der Waals surface area (Å²) in [4.78, 5) is 18.9. The fraction of sp³-hybridized carbons (Fsp3) is 0.125. The molecule has 0 amide bonds. The molecule has 0 radical (unpaired) electrons. The van der Waals surface area contributed by atoms with E-state index in [-0.39, 0.29) is 17.2 Å². The van der Waals surface area contributed by atoms with E-state index in [4.69, 9.17) is 5.11 Å². The largest absolute Gasteiger partial charge is 0.493 e. The van der Waals surface area contributed by atoms with Gasteiger partial charge in [0.1, 0.15) is 0 Å². The van der Waals surface area contributed by atoms with Crippen molar-refractivity contribution in [2.45, 2.75) is 6.92 Å². The van der Waals surface area contributed by atoms with E-state index >= 15 is 0 Å². The van der Waals surface area contributed by atoms with Crippen molar-refractivity contribution >= 4 is 5.78 Å². The molecule has 2 rings (SSSR count). The van der Waals surface area contributed by atoms with Crippen LogP contribution in [-0.2, 0) is 0 Å². The standard InChI is InChI=1S/C8H7N3O2/c1-5-2-3-11-7(13)4-6(12)10-8(11)9-5/h2-4,12H,1H3. The Bertz CT molecular complexity index is 513. The molecule has 2 aromatic heterocycles. The summed E-state index contributed by atoms with van der Waals surface area (Å²) in [5.41, 5.74) is 0.410. The lowest BCUT2D eigenvalue weighted by atomic mass is 10.4. The average molecular weight is 177 g/mol. The van der Waals surface area contributed by atoms with Gasteiger partial charge in [-0.25, -0.2) is 4.98 Å².